The summed E-state index contributed by atoms with van der Waals surface area (Å²) < 4.78 is 0. The number of amides is 2. The molecule has 0 saturated carbocycles. The second kappa shape index (κ2) is 7.67. The Bertz CT molecular complexity index is 723. The topological polar surface area (TPSA) is 66.4 Å². The molecular weight excluding hydrogens is 368 g/mol. The standard InChI is InChI=1S/C18H18N4O2S2/c23-15-11-25-17(13-3-1-5-19-9-13)21(15)7-8-22-16(24)12-26-18(22)14-4-2-6-20-10-14/h1-6,9-10,17-18H,7-8,11-12H2/t17-,18-/m0/s1. The maximum atomic E-state index is 12.4. The first-order chi connectivity index (χ1) is 12.7. The van der Waals surface area contributed by atoms with Crippen LogP contribution in [-0.4, -0.2) is 56.2 Å². The van der Waals surface area contributed by atoms with Crippen LogP contribution in [0.1, 0.15) is 21.9 Å². The molecule has 134 valence electrons. The average molecular weight is 387 g/mol. The lowest BCUT2D eigenvalue weighted by atomic mass is 10.2. The molecule has 6 nitrogen and oxygen atoms in total. The van der Waals surface area contributed by atoms with Crippen LogP contribution in [0.5, 0.6) is 0 Å². The molecule has 2 aliphatic heterocycles. The number of carbonyl (C=O) groups excluding carboxylic acids is 2. The molecule has 0 radical (unpaired) electrons. The number of hydrogen-bond donors (Lipinski definition) is 0. The van der Waals surface area contributed by atoms with E-state index >= 15 is 0 Å². The lowest BCUT2D eigenvalue weighted by molar-refractivity contribution is -0.132. The van der Waals surface area contributed by atoms with Gasteiger partial charge in [0.05, 0.1) is 11.5 Å². The van der Waals surface area contributed by atoms with Crippen molar-refractivity contribution in [1.82, 2.24) is 19.8 Å². The molecule has 0 unspecified atom stereocenters. The molecule has 0 aromatic carbocycles. The minimum absolute atomic E-state index is 0.0293. The fraction of sp³-hybridized carbons (Fsp3) is 0.333. The SMILES string of the molecule is O=C1CS[C@@H](c2cccnc2)N1CCN1C(=O)CS[C@H]1c1cccnc1. The van der Waals surface area contributed by atoms with Crippen LogP contribution < -0.4 is 0 Å². The van der Waals surface area contributed by atoms with E-state index in [4.69, 9.17) is 0 Å². The van der Waals surface area contributed by atoms with Gasteiger partial charge in [-0.25, -0.2) is 0 Å². The van der Waals surface area contributed by atoms with Gasteiger partial charge >= 0.3 is 0 Å². The van der Waals surface area contributed by atoms with Crippen molar-refractivity contribution in [3.05, 3.63) is 60.2 Å². The molecule has 4 rings (SSSR count). The summed E-state index contributed by atoms with van der Waals surface area (Å²) >= 11 is 3.22. The second-order valence-corrected chi connectivity index (χ2v) is 8.21. The van der Waals surface area contributed by atoms with Gasteiger partial charge < -0.3 is 9.80 Å². The predicted octanol–water partition coefficient (Wildman–Crippen LogP) is 2.32. The number of aromatic nitrogens is 2. The molecule has 2 amide bonds. The molecular formula is C18H18N4O2S2. The fourth-order valence-electron chi connectivity index (χ4n) is 3.20. The Hall–Kier alpha value is -2.06. The lowest BCUT2D eigenvalue weighted by Gasteiger charge is -2.29. The first-order valence-corrected chi connectivity index (χ1v) is 10.5. The van der Waals surface area contributed by atoms with Crippen molar-refractivity contribution in [1.29, 1.82) is 0 Å². The van der Waals surface area contributed by atoms with E-state index in [0.717, 1.165) is 11.1 Å². The van der Waals surface area contributed by atoms with Gasteiger partial charge in [-0.2, -0.15) is 0 Å². The van der Waals surface area contributed by atoms with E-state index in [1.54, 1.807) is 48.3 Å². The largest absolute Gasteiger partial charge is 0.324 e. The number of rotatable bonds is 5. The molecule has 2 fully saturated rings. The molecule has 2 aromatic rings. The summed E-state index contributed by atoms with van der Waals surface area (Å²) in [4.78, 5) is 36.8. The Labute approximate surface area is 160 Å². The molecule has 2 aromatic heterocycles. The molecule has 2 aliphatic rings. The van der Waals surface area contributed by atoms with Gasteiger partial charge in [0.1, 0.15) is 10.7 Å². The van der Waals surface area contributed by atoms with Crippen molar-refractivity contribution in [2.24, 2.45) is 0 Å². The van der Waals surface area contributed by atoms with Crippen LogP contribution >= 0.6 is 23.5 Å². The van der Waals surface area contributed by atoms with Crippen molar-refractivity contribution in [2.75, 3.05) is 24.6 Å². The first kappa shape index (κ1) is 17.4. The van der Waals surface area contributed by atoms with Crippen molar-refractivity contribution in [3.63, 3.8) is 0 Å². The Morgan fingerprint density at radius 1 is 0.846 bits per heavy atom. The van der Waals surface area contributed by atoms with E-state index in [9.17, 15) is 9.59 Å². The molecule has 0 aliphatic carbocycles. The molecule has 8 heteroatoms. The van der Waals surface area contributed by atoms with Crippen LogP contribution in [0.25, 0.3) is 0 Å². The van der Waals surface area contributed by atoms with E-state index in [1.807, 2.05) is 34.1 Å². The zero-order chi connectivity index (χ0) is 17.9. The summed E-state index contributed by atoms with van der Waals surface area (Å²) in [6, 6.07) is 7.75. The van der Waals surface area contributed by atoms with Gasteiger partial charge in [0.2, 0.25) is 11.8 Å². The number of nitrogens with zero attached hydrogens (tertiary/aromatic N) is 4. The fourth-order valence-corrected chi connectivity index (χ4v) is 5.61. The molecule has 0 N–H and O–H groups in total. The van der Waals surface area contributed by atoms with Gasteiger partial charge in [-0.3, -0.25) is 19.6 Å². The highest BCUT2D eigenvalue weighted by molar-refractivity contribution is 8.00. The Kier molecular flexibility index (Phi) is 5.12. The van der Waals surface area contributed by atoms with Crippen molar-refractivity contribution >= 4 is 35.3 Å². The maximum Gasteiger partial charge on any atom is 0.233 e. The van der Waals surface area contributed by atoms with Gasteiger partial charge in [-0.1, -0.05) is 12.1 Å². The van der Waals surface area contributed by atoms with Gasteiger partial charge in [-0.05, 0) is 12.1 Å². The van der Waals surface area contributed by atoms with E-state index in [1.165, 1.54) is 0 Å². The van der Waals surface area contributed by atoms with E-state index in [-0.39, 0.29) is 22.6 Å². The zero-order valence-corrected chi connectivity index (χ0v) is 15.7. The monoisotopic (exact) mass is 386 g/mol. The summed E-state index contributed by atoms with van der Waals surface area (Å²) in [5, 5.41) is -0.0585. The summed E-state index contributed by atoms with van der Waals surface area (Å²) in [6.07, 6.45) is 7.07. The number of carbonyl (C=O) groups is 2. The number of thioether (sulfide) groups is 2. The van der Waals surface area contributed by atoms with Gasteiger partial charge in [0.25, 0.3) is 0 Å². The van der Waals surface area contributed by atoms with Crippen molar-refractivity contribution in [2.45, 2.75) is 10.7 Å². The summed E-state index contributed by atoms with van der Waals surface area (Å²) in [5.74, 6) is 1.16. The van der Waals surface area contributed by atoms with Crippen molar-refractivity contribution < 1.29 is 9.59 Å². The van der Waals surface area contributed by atoms with E-state index in [0.29, 0.717) is 24.6 Å². The van der Waals surface area contributed by atoms with E-state index < -0.39 is 0 Å². The van der Waals surface area contributed by atoms with Crippen LogP contribution in [0.3, 0.4) is 0 Å². The molecule has 4 heterocycles. The van der Waals surface area contributed by atoms with Crippen LogP contribution in [0, 0.1) is 0 Å². The van der Waals surface area contributed by atoms with Gasteiger partial charge in [-0.15, -0.1) is 23.5 Å². The van der Waals surface area contributed by atoms with Crippen LogP contribution in [-0.2, 0) is 9.59 Å². The molecule has 26 heavy (non-hydrogen) atoms. The first-order valence-electron chi connectivity index (χ1n) is 8.36. The highest BCUT2D eigenvalue weighted by Gasteiger charge is 2.36. The molecule has 0 bridgehead atoms. The molecule has 2 atom stereocenters. The summed E-state index contributed by atoms with van der Waals surface area (Å²) in [5.41, 5.74) is 2.04. The van der Waals surface area contributed by atoms with E-state index in [2.05, 4.69) is 9.97 Å². The number of hydrogen-bond acceptors (Lipinski definition) is 6. The Morgan fingerprint density at radius 2 is 1.31 bits per heavy atom. The normalized spacial score (nSPS) is 23.1. The molecule has 0 spiro atoms. The minimum Gasteiger partial charge on any atom is -0.324 e. The third kappa shape index (κ3) is 3.43. The lowest BCUT2D eigenvalue weighted by Crippen LogP contribution is -2.39. The summed E-state index contributed by atoms with van der Waals surface area (Å²) in [7, 11) is 0. The van der Waals surface area contributed by atoms with Gasteiger partial charge in [0, 0.05) is 49.0 Å². The Morgan fingerprint density at radius 3 is 1.69 bits per heavy atom. The second-order valence-electron chi connectivity index (χ2n) is 6.07. The van der Waals surface area contributed by atoms with Crippen LogP contribution in [0.15, 0.2) is 49.1 Å². The van der Waals surface area contributed by atoms with Crippen molar-refractivity contribution in [3.8, 4) is 0 Å². The van der Waals surface area contributed by atoms with Crippen LogP contribution in [0.4, 0.5) is 0 Å². The third-order valence-electron chi connectivity index (χ3n) is 4.46. The highest BCUT2D eigenvalue weighted by atomic mass is 32.2. The quantitative estimate of drug-likeness (QED) is 0.786. The number of pyridine rings is 2. The minimum atomic E-state index is -0.0293. The Balaban J connectivity index is 1.48. The predicted molar refractivity (Wildman–Crippen MR) is 102 cm³/mol. The van der Waals surface area contributed by atoms with Gasteiger partial charge in [0.15, 0.2) is 0 Å². The third-order valence-corrected chi connectivity index (χ3v) is 6.97. The van der Waals surface area contributed by atoms with Crippen LogP contribution in [0.2, 0.25) is 0 Å². The highest BCUT2D eigenvalue weighted by Crippen LogP contribution is 2.40. The summed E-state index contributed by atoms with van der Waals surface area (Å²) in [6.45, 7) is 1.04. The molecule has 2 saturated heterocycles. The smallest absolute Gasteiger partial charge is 0.233 e. The maximum absolute atomic E-state index is 12.4. The average Bonchev–Trinajstić information content (AvgIpc) is 3.24. The zero-order valence-electron chi connectivity index (χ0n) is 14.0.